The number of carbonyl (C=O) groups excluding carboxylic acids is 2. The van der Waals surface area contributed by atoms with Crippen molar-refractivity contribution in [2.45, 2.75) is 25.4 Å². The fourth-order valence-electron chi connectivity index (χ4n) is 2.90. The third kappa shape index (κ3) is 4.56. The van der Waals surface area contributed by atoms with E-state index in [1.165, 1.54) is 0 Å². The number of pyridine rings is 1. The molecule has 1 fully saturated rings. The van der Waals surface area contributed by atoms with Gasteiger partial charge >= 0.3 is 6.03 Å². The minimum Gasteiger partial charge on any atom is -0.344 e. The van der Waals surface area contributed by atoms with Crippen LogP contribution in [0.25, 0.3) is 11.1 Å². The average Bonchev–Trinajstić information content (AvgIpc) is 2.64. The number of piperidine rings is 1. The van der Waals surface area contributed by atoms with Crippen molar-refractivity contribution in [3.8, 4) is 11.1 Å². The van der Waals surface area contributed by atoms with Crippen molar-refractivity contribution >= 4 is 11.9 Å². The lowest BCUT2D eigenvalue weighted by molar-refractivity contribution is -0.132. The molecular formula is C19H22N4O2. The van der Waals surface area contributed by atoms with Gasteiger partial charge in [-0.25, -0.2) is 4.79 Å². The van der Waals surface area contributed by atoms with E-state index >= 15 is 0 Å². The van der Waals surface area contributed by atoms with Gasteiger partial charge in [-0.2, -0.15) is 0 Å². The van der Waals surface area contributed by atoms with Gasteiger partial charge in [0.05, 0.1) is 0 Å². The highest BCUT2D eigenvalue weighted by Crippen LogP contribution is 2.18. The Hall–Kier alpha value is -2.89. The summed E-state index contributed by atoms with van der Waals surface area (Å²) in [5.74, 6) is 0.132. The smallest absolute Gasteiger partial charge is 0.315 e. The monoisotopic (exact) mass is 338 g/mol. The molecule has 3 amide bonds. The van der Waals surface area contributed by atoms with Crippen molar-refractivity contribution in [1.82, 2.24) is 20.5 Å². The molecule has 1 aromatic heterocycles. The van der Waals surface area contributed by atoms with Crippen LogP contribution >= 0.6 is 0 Å². The highest BCUT2D eigenvalue weighted by molar-refractivity contribution is 5.78. The Bertz CT molecular complexity index is 731. The topological polar surface area (TPSA) is 74.3 Å². The van der Waals surface area contributed by atoms with E-state index in [-0.39, 0.29) is 18.0 Å². The molecule has 130 valence electrons. The molecule has 2 aromatic rings. The van der Waals surface area contributed by atoms with Crippen molar-refractivity contribution < 1.29 is 9.59 Å². The second-order valence-corrected chi connectivity index (χ2v) is 6.28. The van der Waals surface area contributed by atoms with Crippen LogP contribution in [0.5, 0.6) is 0 Å². The predicted molar refractivity (Wildman–Crippen MR) is 95.7 cm³/mol. The van der Waals surface area contributed by atoms with Gasteiger partial charge in [0.2, 0.25) is 5.91 Å². The maximum absolute atomic E-state index is 12.0. The number of hydrogen-bond donors (Lipinski definition) is 2. The molecule has 2 heterocycles. The van der Waals surface area contributed by atoms with Gasteiger partial charge in [0.25, 0.3) is 0 Å². The highest BCUT2D eigenvalue weighted by Gasteiger charge is 2.23. The molecule has 25 heavy (non-hydrogen) atoms. The molecule has 2 N–H and O–H groups in total. The van der Waals surface area contributed by atoms with Gasteiger partial charge in [-0.15, -0.1) is 0 Å². The molecular weight excluding hydrogens is 316 g/mol. The molecule has 3 rings (SSSR count). The van der Waals surface area contributed by atoms with Gasteiger partial charge in [-0.1, -0.05) is 30.3 Å². The van der Waals surface area contributed by atoms with Gasteiger partial charge in [0.15, 0.2) is 0 Å². The quantitative estimate of drug-likeness (QED) is 0.897. The summed E-state index contributed by atoms with van der Waals surface area (Å²) in [6, 6.07) is 11.8. The van der Waals surface area contributed by atoms with Gasteiger partial charge in [-0.05, 0) is 29.2 Å². The van der Waals surface area contributed by atoms with Crippen LogP contribution in [-0.4, -0.2) is 41.5 Å². The normalized spacial score (nSPS) is 17.2. The zero-order chi connectivity index (χ0) is 17.6. The zero-order valence-electron chi connectivity index (χ0n) is 14.2. The molecule has 1 saturated heterocycles. The lowest BCUT2D eigenvalue weighted by Gasteiger charge is -2.30. The number of rotatable bonds is 4. The summed E-state index contributed by atoms with van der Waals surface area (Å²) in [4.78, 5) is 29.3. The van der Waals surface area contributed by atoms with Crippen molar-refractivity contribution in [1.29, 1.82) is 0 Å². The van der Waals surface area contributed by atoms with Crippen LogP contribution in [0, 0.1) is 0 Å². The number of nitrogens with zero attached hydrogens (tertiary/aromatic N) is 2. The summed E-state index contributed by atoms with van der Waals surface area (Å²) in [7, 11) is 1.76. The molecule has 1 aliphatic heterocycles. The lowest BCUT2D eigenvalue weighted by atomic mass is 10.1. The van der Waals surface area contributed by atoms with Gasteiger partial charge in [-0.3, -0.25) is 9.78 Å². The van der Waals surface area contributed by atoms with Crippen molar-refractivity contribution in [2.75, 3.05) is 13.6 Å². The zero-order valence-corrected chi connectivity index (χ0v) is 14.2. The summed E-state index contributed by atoms with van der Waals surface area (Å²) in [6.07, 6.45) is 4.75. The van der Waals surface area contributed by atoms with Crippen LogP contribution < -0.4 is 10.6 Å². The fraction of sp³-hybridized carbons (Fsp3) is 0.316. The molecule has 0 aliphatic carbocycles. The van der Waals surface area contributed by atoms with Gasteiger partial charge in [0, 0.05) is 45.0 Å². The number of likely N-dealkylation sites (tertiary alicyclic amines) is 1. The van der Waals surface area contributed by atoms with Crippen molar-refractivity contribution in [3.05, 3.63) is 54.4 Å². The summed E-state index contributed by atoms with van der Waals surface area (Å²) in [6.45, 7) is 1.02. The summed E-state index contributed by atoms with van der Waals surface area (Å²) < 4.78 is 0. The predicted octanol–water partition coefficient (Wildman–Crippen LogP) is 2.17. The molecule has 0 saturated carbocycles. The van der Waals surface area contributed by atoms with E-state index in [1.807, 2.05) is 42.6 Å². The molecule has 0 bridgehead atoms. The van der Waals surface area contributed by atoms with E-state index < -0.39 is 0 Å². The Labute approximate surface area is 147 Å². The van der Waals surface area contributed by atoms with Crippen LogP contribution in [0.3, 0.4) is 0 Å². The van der Waals surface area contributed by atoms with Crippen molar-refractivity contribution in [2.24, 2.45) is 0 Å². The second kappa shape index (κ2) is 7.79. The Morgan fingerprint density at radius 1 is 1.24 bits per heavy atom. The Balaban J connectivity index is 1.48. The second-order valence-electron chi connectivity index (χ2n) is 6.28. The van der Waals surface area contributed by atoms with Crippen molar-refractivity contribution in [3.63, 3.8) is 0 Å². The maximum Gasteiger partial charge on any atom is 0.315 e. The lowest BCUT2D eigenvalue weighted by Crippen LogP contribution is -2.50. The highest BCUT2D eigenvalue weighted by atomic mass is 16.2. The number of carbonyl (C=O) groups is 2. The summed E-state index contributed by atoms with van der Waals surface area (Å²) in [5.41, 5.74) is 3.19. The number of hydrogen-bond acceptors (Lipinski definition) is 3. The first-order chi connectivity index (χ1) is 12.1. The van der Waals surface area contributed by atoms with Crippen LogP contribution in [0.2, 0.25) is 0 Å². The number of aromatic nitrogens is 1. The van der Waals surface area contributed by atoms with E-state index in [4.69, 9.17) is 0 Å². The molecule has 1 aliphatic rings. The largest absolute Gasteiger partial charge is 0.344 e. The Morgan fingerprint density at radius 2 is 2.04 bits per heavy atom. The first kappa shape index (κ1) is 17.0. The number of urea groups is 1. The Morgan fingerprint density at radius 3 is 2.72 bits per heavy atom. The number of benzene rings is 1. The van der Waals surface area contributed by atoms with E-state index in [9.17, 15) is 9.59 Å². The third-order valence-electron chi connectivity index (χ3n) is 4.36. The maximum atomic E-state index is 12.0. The number of amides is 3. The number of likely N-dealkylation sites (N-methyl/N-ethyl adjacent to an activating group) is 1. The average molecular weight is 338 g/mol. The summed E-state index contributed by atoms with van der Waals surface area (Å²) >= 11 is 0. The van der Waals surface area contributed by atoms with E-state index in [1.54, 1.807) is 18.1 Å². The molecule has 0 unspecified atom stereocenters. The first-order valence-corrected chi connectivity index (χ1v) is 8.39. The van der Waals surface area contributed by atoms with Crippen LogP contribution in [0.4, 0.5) is 4.79 Å². The van der Waals surface area contributed by atoms with Crippen LogP contribution in [-0.2, 0) is 11.3 Å². The van der Waals surface area contributed by atoms with E-state index in [0.717, 1.165) is 16.7 Å². The molecule has 0 spiro atoms. The first-order valence-electron chi connectivity index (χ1n) is 8.39. The molecule has 6 nitrogen and oxygen atoms in total. The molecule has 6 heteroatoms. The van der Waals surface area contributed by atoms with E-state index in [2.05, 4.69) is 15.6 Å². The Kier molecular flexibility index (Phi) is 5.28. The van der Waals surface area contributed by atoms with Gasteiger partial charge in [0.1, 0.15) is 0 Å². The fourth-order valence-corrected chi connectivity index (χ4v) is 2.90. The minimum atomic E-state index is -0.205. The molecule has 1 aromatic carbocycles. The molecule has 0 radical (unpaired) electrons. The third-order valence-corrected chi connectivity index (χ3v) is 4.36. The molecule has 1 atom stereocenters. The summed E-state index contributed by atoms with van der Waals surface area (Å²) in [5, 5.41) is 5.79. The van der Waals surface area contributed by atoms with E-state index in [0.29, 0.717) is 25.9 Å². The SMILES string of the molecule is CN1C[C@H](NC(=O)NCc2ccc(-c3cccnc3)cc2)CCC1=O. The van der Waals surface area contributed by atoms with Crippen LogP contribution in [0.1, 0.15) is 18.4 Å². The van der Waals surface area contributed by atoms with Gasteiger partial charge < -0.3 is 15.5 Å². The number of nitrogens with one attached hydrogen (secondary N) is 2. The van der Waals surface area contributed by atoms with Crippen LogP contribution in [0.15, 0.2) is 48.8 Å². The standard InChI is InChI=1S/C19H22N4O2/c1-23-13-17(8-9-18(23)24)22-19(25)21-11-14-4-6-15(7-5-14)16-3-2-10-20-12-16/h2-7,10,12,17H,8-9,11,13H2,1H3,(H2,21,22,25)/t17-/m1/s1. The minimum absolute atomic E-state index is 0.00987.